The molecule has 0 bridgehead atoms. The SMILES string of the molecule is CCC(C)(C)C(=O)C(=O)N1NCCCC1C(=O)OCCCc1ccccc1. The van der Waals surface area contributed by atoms with Gasteiger partial charge in [-0.2, -0.15) is 0 Å². The number of rotatable bonds is 8. The predicted octanol–water partition coefficient (Wildman–Crippen LogP) is 2.66. The van der Waals surface area contributed by atoms with Crippen LogP contribution in [0.5, 0.6) is 0 Å². The molecule has 1 aromatic carbocycles. The first-order valence-electron chi connectivity index (χ1n) is 9.69. The molecule has 148 valence electrons. The third-order valence-corrected chi connectivity index (χ3v) is 5.13. The summed E-state index contributed by atoms with van der Waals surface area (Å²) >= 11 is 0. The van der Waals surface area contributed by atoms with Gasteiger partial charge < -0.3 is 4.74 Å². The average molecular weight is 374 g/mol. The van der Waals surface area contributed by atoms with Gasteiger partial charge >= 0.3 is 11.9 Å². The van der Waals surface area contributed by atoms with Crippen molar-refractivity contribution in [1.82, 2.24) is 10.4 Å². The van der Waals surface area contributed by atoms with Crippen LogP contribution in [0.1, 0.15) is 52.0 Å². The van der Waals surface area contributed by atoms with E-state index >= 15 is 0 Å². The Bertz CT molecular complexity index is 657. The first-order valence-corrected chi connectivity index (χ1v) is 9.69. The van der Waals surface area contributed by atoms with E-state index in [1.54, 1.807) is 13.8 Å². The summed E-state index contributed by atoms with van der Waals surface area (Å²) in [5, 5.41) is 1.18. The second-order valence-corrected chi connectivity index (χ2v) is 7.56. The first kappa shape index (κ1) is 21.1. The number of ether oxygens (including phenoxy) is 1. The third-order valence-electron chi connectivity index (χ3n) is 5.13. The van der Waals surface area contributed by atoms with Crippen molar-refractivity contribution in [2.24, 2.45) is 5.41 Å². The molecular formula is C21H30N2O4. The largest absolute Gasteiger partial charge is 0.464 e. The normalized spacial score (nSPS) is 17.4. The molecular weight excluding hydrogens is 344 g/mol. The number of amides is 1. The highest BCUT2D eigenvalue weighted by molar-refractivity contribution is 6.38. The number of hydrogen-bond donors (Lipinski definition) is 1. The van der Waals surface area contributed by atoms with Crippen LogP contribution in [0.4, 0.5) is 0 Å². The Balaban J connectivity index is 1.90. The van der Waals surface area contributed by atoms with Gasteiger partial charge in [-0.15, -0.1) is 0 Å². The standard InChI is InChI=1S/C21H30N2O4/c1-4-21(2,3)18(24)19(25)23-17(13-8-14-22-23)20(26)27-15-9-12-16-10-6-5-7-11-16/h5-7,10-11,17,22H,4,8-9,12-15H2,1-3H3. The van der Waals surface area contributed by atoms with E-state index in [2.05, 4.69) is 5.43 Å². The zero-order valence-corrected chi connectivity index (χ0v) is 16.5. The summed E-state index contributed by atoms with van der Waals surface area (Å²) < 4.78 is 5.39. The van der Waals surface area contributed by atoms with Crippen molar-refractivity contribution in [3.8, 4) is 0 Å². The van der Waals surface area contributed by atoms with E-state index in [0.717, 1.165) is 12.8 Å². The van der Waals surface area contributed by atoms with Crippen LogP contribution in [-0.2, 0) is 25.5 Å². The molecule has 0 aliphatic carbocycles. The molecule has 1 aliphatic heterocycles. The van der Waals surface area contributed by atoms with Crippen LogP contribution in [0.2, 0.25) is 0 Å². The Hall–Kier alpha value is -2.21. The number of nitrogens with zero attached hydrogens (tertiary/aromatic N) is 1. The molecule has 1 heterocycles. The molecule has 27 heavy (non-hydrogen) atoms. The second kappa shape index (κ2) is 9.65. The van der Waals surface area contributed by atoms with E-state index < -0.39 is 29.1 Å². The third kappa shape index (κ3) is 5.63. The van der Waals surface area contributed by atoms with Crippen molar-refractivity contribution in [2.75, 3.05) is 13.2 Å². The Morgan fingerprint density at radius 1 is 1.22 bits per heavy atom. The zero-order chi connectivity index (χ0) is 19.9. The fourth-order valence-electron chi connectivity index (χ4n) is 2.92. The summed E-state index contributed by atoms with van der Waals surface area (Å²) in [6, 6.07) is 9.25. The van der Waals surface area contributed by atoms with Gasteiger partial charge in [-0.3, -0.25) is 14.6 Å². The zero-order valence-electron chi connectivity index (χ0n) is 16.5. The maximum Gasteiger partial charge on any atom is 0.330 e. The second-order valence-electron chi connectivity index (χ2n) is 7.56. The smallest absolute Gasteiger partial charge is 0.330 e. The van der Waals surface area contributed by atoms with E-state index in [9.17, 15) is 14.4 Å². The molecule has 6 nitrogen and oxygen atoms in total. The van der Waals surface area contributed by atoms with E-state index in [4.69, 9.17) is 4.74 Å². The fraction of sp³-hybridized carbons (Fsp3) is 0.571. The van der Waals surface area contributed by atoms with Gasteiger partial charge in [0.25, 0.3) is 0 Å². The number of aryl methyl sites for hydroxylation is 1. The van der Waals surface area contributed by atoms with Crippen molar-refractivity contribution < 1.29 is 19.1 Å². The number of hydrogen-bond acceptors (Lipinski definition) is 5. The Morgan fingerprint density at radius 3 is 2.59 bits per heavy atom. The van der Waals surface area contributed by atoms with Gasteiger partial charge in [0.2, 0.25) is 5.78 Å². The molecule has 1 fully saturated rings. The van der Waals surface area contributed by atoms with E-state index in [0.29, 0.717) is 32.4 Å². The Labute approximate surface area is 161 Å². The van der Waals surface area contributed by atoms with Crippen molar-refractivity contribution in [1.29, 1.82) is 0 Å². The lowest BCUT2D eigenvalue weighted by molar-refractivity contribution is -0.164. The summed E-state index contributed by atoms with van der Waals surface area (Å²) in [5.41, 5.74) is 3.35. The first-order chi connectivity index (χ1) is 12.9. The number of Topliss-reactive ketones (excluding diaryl/α,β-unsaturated/α-hetero) is 1. The minimum atomic E-state index is -0.750. The quantitative estimate of drug-likeness (QED) is 0.430. The monoisotopic (exact) mass is 374 g/mol. The van der Waals surface area contributed by atoms with Crippen molar-refractivity contribution in [3.63, 3.8) is 0 Å². The lowest BCUT2D eigenvalue weighted by Crippen LogP contribution is -2.59. The number of carbonyl (C=O) groups excluding carboxylic acids is 3. The maximum absolute atomic E-state index is 12.6. The van der Waals surface area contributed by atoms with Gasteiger partial charge in [0, 0.05) is 12.0 Å². The van der Waals surface area contributed by atoms with Crippen molar-refractivity contribution >= 4 is 17.7 Å². The van der Waals surface area contributed by atoms with Crippen LogP contribution in [0.25, 0.3) is 0 Å². The molecule has 6 heteroatoms. The Kier molecular flexibility index (Phi) is 7.54. The van der Waals surface area contributed by atoms with Crippen LogP contribution in [0, 0.1) is 5.41 Å². The molecule has 2 rings (SSSR count). The molecule has 1 aliphatic rings. The summed E-state index contributed by atoms with van der Waals surface area (Å²) in [7, 11) is 0. The summed E-state index contributed by atoms with van der Waals surface area (Å²) in [4.78, 5) is 37.6. The van der Waals surface area contributed by atoms with Gasteiger partial charge in [0.1, 0.15) is 6.04 Å². The Morgan fingerprint density at radius 2 is 1.93 bits per heavy atom. The van der Waals surface area contributed by atoms with Crippen LogP contribution < -0.4 is 5.43 Å². The highest BCUT2D eigenvalue weighted by atomic mass is 16.5. The molecule has 1 unspecified atom stereocenters. The molecule has 0 spiro atoms. The fourth-order valence-corrected chi connectivity index (χ4v) is 2.92. The summed E-state index contributed by atoms with van der Waals surface area (Å²) in [6.45, 7) is 6.21. The molecule has 0 saturated carbocycles. The van der Waals surface area contributed by atoms with E-state index in [-0.39, 0.29) is 0 Å². The number of carbonyl (C=O) groups is 3. The lowest BCUT2D eigenvalue weighted by atomic mass is 9.84. The van der Waals surface area contributed by atoms with Gasteiger partial charge in [0.15, 0.2) is 0 Å². The molecule has 1 atom stereocenters. The van der Waals surface area contributed by atoms with Gasteiger partial charge in [-0.05, 0) is 37.7 Å². The highest BCUT2D eigenvalue weighted by Gasteiger charge is 2.40. The number of esters is 1. The van der Waals surface area contributed by atoms with Gasteiger partial charge in [-0.25, -0.2) is 10.2 Å². The summed E-state index contributed by atoms with van der Waals surface area (Å²) in [6.07, 6.45) is 3.34. The lowest BCUT2D eigenvalue weighted by Gasteiger charge is -2.35. The summed E-state index contributed by atoms with van der Waals surface area (Å²) in [5.74, 6) is -1.60. The van der Waals surface area contributed by atoms with Crippen LogP contribution in [0.15, 0.2) is 30.3 Å². The van der Waals surface area contributed by atoms with Gasteiger partial charge in [-0.1, -0.05) is 51.1 Å². The molecule has 0 aromatic heterocycles. The van der Waals surface area contributed by atoms with Gasteiger partial charge in [0.05, 0.1) is 6.61 Å². The average Bonchev–Trinajstić information content (AvgIpc) is 2.70. The molecule has 1 aromatic rings. The maximum atomic E-state index is 12.6. The van der Waals surface area contributed by atoms with Crippen molar-refractivity contribution in [2.45, 2.75) is 58.9 Å². The van der Waals surface area contributed by atoms with E-state index in [1.165, 1.54) is 10.6 Å². The molecule has 1 N–H and O–H groups in total. The molecule has 0 radical (unpaired) electrons. The highest BCUT2D eigenvalue weighted by Crippen LogP contribution is 2.23. The predicted molar refractivity (Wildman–Crippen MR) is 103 cm³/mol. The van der Waals surface area contributed by atoms with Crippen LogP contribution in [-0.4, -0.2) is 41.9 Å². The van der Waals surface area contributed by atoms with Crippen LogP contribution in [0.3, 0.4) is 0 Å². The van der Waals surface area contributed by atoms with E-state index in [1.807, 2.05) is 37.3 Å². The number of nitrogens with one attached hydrogen (secondary N) is 1. The minimum absolute atomic E-state index is 0.292. The number of hydrazine groups is 1. The number of ketones is 1. The number of benzene rings is 1. The minimum Gasteiger partial charge on any atom is -0.464 e. The van der Waals surface area contributed by atoms with Crippen molar-refractivity contribution in [3.05, 3.63) is 35.9 Å². The topological polar surface area (TPSA) is 75.7 Å². The molecule has 1 saturated heterocycles. The van der Waals surface area contributed by atoms with Crippen LogP contribution >= 0.6 is 0 Å². The molecule has 1 amide bonds.